The third-order valence-electron chi connectivity index (χ3n) is 5.62. The molecule has 1 aliphatic heterocycles. The summed E-state index contributed by atoms with van der Waals surface area (Å²) in [5, 5.41) is 6.06. The van der Waals surface area contributed by atoms with E-state index in [1.807, 2.05) is 13.0 Å². The van der Waals surface area contributed by atoms with Crippen LogP contribution in [-0.4, -0.2) is 20.4 Å². The lowest BCUT2D eigenvalue weighted by Gasteiger charge is -2.35. The summed E-state index contributed by atoms with van der Waals surface area (Å²) < 4.78 is 1.59. The molecule has 2 unspecified atom stereocenters. The van der Waals surface area contributed by atoms with E-state index in [2.05, 4.69) is 40.5 Å². The van der Waals surface area contributed by atoms with Crippen molar-refractivity contribution in [2.24, 2.45) is 11.8 Å². The van der Waals surface area contributed by atoms with Crippen molar-refractivity contribution in [2.45, 2.75) is 39.3 Å². The first-order valence-corrected chi connectivity index (χ1v) is 9.44. The molecule has 2 atom stereocenters. The molecule has 0 bridgehead atoms. The van der Waals surface area contributed by atoms with Crippen LogP contribution >= 0.6 is 0 Å². The summed E-state index contributed by atoms with van der Waals surface area (Å²) in [7, 11) is 0. The SMILES string of the molecule is Cc1cc(Nc2cc(N)ncn2)c(=O)n2c1C(=O)NC21C=CC(C(C)C)CC1. The summed E-state index contributed by atoms with van der Waals surface area (Å²) in [4.78, 5) is 34.0. The molecule has 4 rings (SSSR count). The number of nitrogens with one attached hydrogen (secondary N) is 2. The number of carbonyl (C=O) groups is 1. The zero-order chi connectivity index (χ0) is 20.1. The molecule has 8 nitrogen and oxygen atoms in total. The van der Waals surface area contributed by atoms with Gasteiger partial charge in [-0.3, -0.25) is 14.2 Å². The number of nitrogens with zero attached hydrogens (tertiary/aromatic N) is 3. The fourth-order valence-corrected chi connectivity index (χ4v) is 4.08. The maximum absolute atomic E-state index is 13.3. The highest BCUT2D eigenvalue weighted by atomic mass is 16.2. The molecule has 0 saturated carbocycles. The van der Waals surface area contributed by atoms with Gasteiger partial charge >= 0.3 is 0 Å². The molecule has 1 spiro atoms. The largest absolute Gasteiger partial charge is 0.384 e. The van der Waals surface area contributed by atoms with Crippen molar-refractivity contribution in [3.8, 4) is 0 Å². The number of amides is 1. The van der Waals surface area contributed by atoms with E-state index < -0.39 is 5.66 Å². The maximum Gasteiger partial charge on any atom is 0.277 e. The van der Waals surface area contributed by atoms with Crippen LogP contribution in [0.25, 0.3) is 0 Å². The number of hydrogen-bond donors (Lipinski definition) is 3. The molecule has 146 valence electrons. The fourth-order valence-electron chi connectivity index (χ4n) is 4.08. The van der Waals surface area contributed by atoms with Crippen LogP contribution in [0, 0.1) is 18.8 Å². The first-order chi connectivity index (χ1) is 13.3. The van der Waals surface area contributed by atoms with Crippen LogP contribution in [-0.2, 0) is 5.66 Å². The smallest absolute Gasteiger partial charge is 0.277 e. The van der Waals surface area contributed by atoms with Crippen molar-refractivity contribution < 1.29 is 4.79 Å². The summed E-state index contributed by atoms with van der Waals surface area (Å²) in [6.45, 7) is 6.19. The minimum Gasteiger partial charge on any atom is -0.384 e. The standard InChI is InChI=1S/C20H24N6O2/c1-11(2)13-4-6-20(7-5-13)25-18(27)17-12(3)8-14(19(28)26(17)20)24-16-9-15(21)22-10-23-16/h4,6,8-11,13H,5,7H2,1-3H3,(H,25,27)(H3,21,22,23,24). The molecule has 1 amide bonds. The molecular formula is C20H24N6O2. The number of allylic oxidation sites excluding steroid dienone is 1. The Balaban J connectivity index is 1.81. The quantitative estimate of drug-likeness (QED) is 0.704. The molecule has 2 aliphatic rings. The highest BCUT2D eigenvalue weighted by molar-refractivity contribution is 5.97. The van der Waals surface area contributed by atoms with Crippen LogP contribution in [0.15, 0.2) is 35.4 Å². The van der Waals surface area contributed by atoms with E-state index in [0.29, 0.717) is 41.3 Å². The molecule has 2 aromatic heterocycles. The third-order valence-corrected chi connectivity index (χ3v) is 5.62. The molecule has 1 aliphatic carbocycles. The Morgan fingerprint density at radius 3 is 2.75 bits per heavy atom. The Kier molecular flexibility index (Phi) is 4.21. The molecule has 0 fully saturated rings. The van der Waals surface area contributed by atoms with Crippen LogP contribution < -0.4 is 21.9 Å². The number of nitrogens with two attached hydrogens (primary N) is 1. The topological polar surface area (TPSA) is 115 Å². The normalized spacial score (nSPS) is 23.1. The van der Waals surface area contributed by atoms with Crippen LogP contribution in [0.2, 0.25) is 0 Å². The van der Waals surface area contributed by atoms with Gasteiger partial charge in [0.25, 0.3) is 11.5 Å². The molecule has 2 aromatic rings. The van der Waals surface area contributed by atoms with E-state index in [-0.39, 0.29) is 11.5 Å². The number of aromatic nitrogens is 3. The zero-order valence-electron chi connectivity index (χ0n) is 16.2. The number of nitrogen functional groups attached to an aromatic ring is 1. The second-order valence-electron chi connectivity index (χ2n) is 7.87. The second kappa shape index (κ2) is 6.47. The lowest BCUT2D eigenvalue weighted by atomic mass is 9.82. The van der Waals surface area contributed by atoms with Gasteiger partial charge in [0.15, 0.2) is 0 Å². The van der Waals surface area contributed by atoms with Crippen LogP contribution in [0.5, 0.6) is 0 Å². The van der Waals surface area contributed by atoms with E-state index in [4.69, 9.17) is 5.73 Å². The summed E-state index contributed by atoms with van der Waals surface area (Å²) in [5.74, 6) is 1.46. The minimum absolute atomic E-state index is 0.222. The number of pyridine rings is 1. The van der Waals surface area contributed by atoms with Gasteiger partial charge in [-0.05, 0) is 49.3 Å². The van der Waals surface area contributed by atoms with Gasteiger partial charge in [0.2, 0.25) is 0 Å². The van der Waals surface area contributed by atoms with Gasteiger partial charge in [0, 0.05) is 6.07 Å². The Hall–Kier alpha value is -3.16. The molecule has 4 N–H and O–H groups in total. The molecule has 0 aromatic carbocycles. The Labute approximate surface area is 162 Å². The van der Waals surface area contributed by atoms with Crippen molar-refractivity contribution in [3.05, 3.63) is 52.2 Å². The number of anilines is 3. The van der Waals surface area contributed by atoms with E-state index in [1.165, 1.54) is 6.33 Å². The molecular weight excluding hydrogens is 356 g/mol. The highest BCUT2D eigenvalue weighted by Gasteiger charge is 2.44. The predicted molar refractivity (Wildman–Crippen MR) is 107 cm³/mol. The molecule has 8 heteroatoms. The van der Waals surface area contributed by atoms with Gasteiger partial charge in [-0.15, -0.1) is 0 Å². The van der Waals surface area contributed by atoms with Crippen molar-refractivity contribution in [2.75, 3.05) is 11.1 Å². The number of aryl methyl sites for hydroxylation is 1. The number of hydrogen-bond acceptors (Lipinski definition) is 6. The molecule has 3 heterocycles. The Bertz CT molecular complexity index is 1040. The molecule has 0 saturated heterocycles. The van der Waals surface area contributed by atoms with Crippen LogP contribution in [0.1, 0.15) is 42.7 Å². The molecule has 28 heavy (non-hydrogen) atoms. The van der Waals surface area contributed by atoms with Crippen LogP contribution in [0.4, 0.5) is 17.3 Å². The summed E-state index contributed by atoms with van der Waals surface area (Å²) in [6.07, 6.45) is 7.01. The zero-order valence-corrected chi connectivity index (χ0v) is 16.2. The van der Waals surface area contributed by atoms with Gasteiger partial charge in [-0.25, -0.2) is 9.97 Å². The summed E-state index contributed by atoms with van der Waals surface area (Å²) in [6, 6.07) is 3.23. The van der Waals surface area contributed by atoms with E-state index in [1.54, 1.807) is 16.7 Å². The van der Waals surface area contributed by atoms with Gasteiger partial charge < -0.3 is 16.4 Å². The lowest BCUT2D eigenvalue weighted by Crippen LogP contribution is -2.47. The van der Waals surface area contributed by atoms with Crippen molar-refractivity contribution in [1.82, 2.24) is 19.9 Å². The van der Waals surface area contributed by atoms with Gasteiger partial charge in [0.1, 0.15) is 35.0 Å². The van der Waals surface area contributed by atoms with Crippen molar-refractivity contribution >= 4 is 23.2 Å². The van der Waals surface area contributed by atoms with Crippen molar-refractivity contribution in [3.63, 3.8) is 0 Å². The maximum atomic E-state index is 13.3. The van der Waals surface area contributed by atoms with Gasteiger partial charge in [0.05, 0.1) is 0 Å². The third kappa shape index (κ3) is 2.85. The highest BCUT2D eigenvalue weighted by Crippen LogP contribution is 2.37. The number of fused-ring (bicyclic) bond motifs is 2. The van der Waals surface area contributed by atoms with E-state index in [0.717, 1.165) is 12.0 Å². The lowest BCUT2D eigenvalue weighted by molar-refractivity contribution is 0.0927. The predicted octanol–water partition coefficient (Wildman–Crippen LogP) is 2.29. The van der Waals surface area contributed by atoms with Gasteiger partial charge in [-0.1, -0.05) is 19.9 Å². The van der Waals surface area contributed by atoms with E-state index in [9.17, 15) is 9.59 Å². The number of rotatable bonds is 3. The summed E-state index contributed by atoms with van der Waals surface area (Å²) >= 11 is 0. The average molecular weight is 380 g/mol. The monoisotopic (exact) mass is 380 g/mol. The molecule has 0 radical (unpaired) electrons. The number of carbonyl (C=O) groups excluding carboxylic acids is 1. The van der Waals surface area contributed by atoms with Crippen molar-refractivity contribution in [1.29, 1.82) is 0 Å². The second-order valence-corrected chi connectivity index (χ2v) is 7.87. The average Bonchev–Trinajstić information content (AvgIpc) is 2.92. The Morgan fingerprint density at radius 1 is 1.32 bits per heavy atom. The first-order valence-electron chi connectivity index (χ1n) is 9.44. The van der Waals surface area contributed by atoms with E-state index >= 15 is 0 Å². The van der Waals surface area contributed by atoms with Crippen LogP contribution in [0.3, 0.4) is 0 Å². The summed E-state index contributed by atoms with van der Waals surface area (Å²) in [5.41, 5.74) is 6.08. The first kappa shape index (κ1) is 18.2. The fraction of sp³-hybridized carbons (Fsp3) is 0.400. The minimum atomic E-state index is -0.817. The van der Waals surface area contributed by atoms with Gasteiger partial charge in [-0.2, -0.15) is 0 Å². The Morgan fingerprint density at radius 2 is 2.11 bits per heavy atom.